The average molecular weight is 284 g/mol. The van der Waals surface area contributed by atoms with E-state index >= 15 is 0 Å². The second kappa shape index (κ2) is 5.69. The fourth-order valence-electron chi connectivity index (χ4n) is 2.72. The van der Waals surface area contributed by atoms with Crippen molar-refractivity contribution in [3.05, 3.63) is 36.0 Å². The van der Waals surface area contributed by atoms with Gasteiger partial charge < -0.3 is 15.5 Å². The van der Waals surface area contributed by atoms with E-state index in [1.54, 1.807) is 6.07 Å². The molecule has 1 saturated heterocycles. The van der Waals surface area contributed by atoms with Crippen LogP contribution in [0.1, 0.15) is 16.9 Å². The number of benzene rings is 1. The van der Waals surface area contributed by atoms with Gasteiger partial charge in [0.05, 0.1) is 5.52 Å². The molecule has 1 aliphatic rings. The fourth-order valence-corrected chi connectivity index (χ4v) is 2.72. The lowest BCUT2D eigenvalue weighted by Crippen LogP contribution is -2.35. The third kappa shape index (κ3) is 2.83. The molecule has 0 saturated carbocycles. The molecule has 1 aromatic carbocycles. The molecule has 1 amide bonds. The first-order valence-corrected chi connectivity index (χ1v) is 7.28. The summed E-state index contributed by atoms with van der Waals surface area (Å²) in [6, 6.07) is 9.33. The number of anilines is 1. The molecule has 5 nitrogen and oxygen atoms in total. The van der Waals surface area contributed by atoms with Crippen LogP contribution in [0.4, 0.5) is 5.69 Å². The Hall–Kier alpha value is -2.14. The molecule has 1 aromatic heterocycles. The van der Waals surface area contributed by atoms with Gasteiger partial charge >= 0.3 is 0 Å². The van der Waals surface area contributed by atoms with Gasteiger partial charge in [0.25, 0.3) is 5.91 Å². The Bertz CT molecular complexity index is 670. The number of aromatic nitrogens is 1. The Morgan fingerprint density at radius 3 is 2.86 bits per heavy atom. The zero-order valence-corrected chi connectivity index (χ0v) is 12.2. The second-order valence-electron chi connectivity index (χ2n) is 5.56. The van der Waals surface area contributed by atoms with Gasteiger partial charge in [0.1, 0.15) is 5.69 Å². The van der Waals surface area contributed by atoms with Gasteiger partial charge in [0.15, 0.2) is 0 Å². The minimum atomic E-state index is -0.0252. The van der Waals surface area contributed by atoms with Gasteiger partial charge in [-0.1, -0.05) is 18.2 Å². The summed E-state index contributed by atoms with van der Waals surface area (Å²) >= 11 is 0. The molecule has 2 N–H and O–H groups in total. The fraction of sp³-hybridized carbons (Fsp3) is 0.375. The lowest BCUT2D eigenvalue weighted by atomic mass is 10.1. The van der Waals surface area contributed by atoms with Crippen molar-refractivity contribution in [2.24, 2.45) is 0 Å². The normalized spacial score (nSPS) is 16.9. The highest BCUT2D eigenvalue weighted by atomic mass is 16.2. The molecule has 0 aliphatic carbocycles. The summed E-state index contributed by atoms with van der Waals surface area (Å²) in [5.74, 6) is -0.0252. The third-order valence-electron chi connectivity index (χ3n) is 3.97. The number of hydrogen-bond acceptors (Lipinski definition) is 4. The van der Waals surface area contributed by atoms with Gasteiger partial charge in [-0.2, -0.15) is 0 Å². The Morgan fingerprint density at radius 2 is 2.00 bits per heavy atom. The third-order valence-corrected chi connectivity index (χ3v) is 3.97. The molecule has 5 heteroatoms. The molecule has 0 unspecified atom stereocenters. The first-order chi connectivity index (χ1) is 10.1. The first-order valence-electron chi connectivity index (χ1n) is 7.28. The van der Waals surface area contributed by atoms with E-state index in [1.807, 2.05) is 29.2 Å². The standard InChI is InChI=1S/C16H20N4O/c1-19-7-4-8-20(10-9-19)16(21)15-11-13(17)12-5-2-3-6-14(12)18-15/h2-3,5-6,11H,4,7-10H2,1H3,(H2,17,18). The number of rotatable bonds is 1. The van der Waals surface area contributed by atoms with Crippen LogP contribution >= 0.6 is 0 Å². The number of amides is 1. The molecule has 1 fully saturated rings. The van der Waals surface area contributed by atoms with Crippen LogP contribution in [0.5, 0.6) is 0 Å². The number of hydrogen-bond donors (Lipinski definition) is 1. The molecule has 2 heterocycles. The SMILES string of the molecule is CN1CCCN(C(=O)c2cc(N)c3ccccc3n2)CC1. The molecular formula is C16H20N4O. The first kappa shape index (κ1) is 13.8. The van der Waals surface area contributed by atoms with Crippen molar-refractivity contribution >= 4 is 22.5 Å². The van der Waals surface area contributed by atoms with E-state index in [-0.39, 0.29) is 5.91 Å². The maximum atomic E-state index is 12.6. The largest absolute Gasteiger partial charge is 0.398 e. The van der Waals surface area contributed by atoms with Gasteiger partial charge in [0.2, 0.25) is 0 Å². The number of carbonyl (C=O) groups is 1. The van der Waals surface area contributed by atoms with Gasteiger partial charge in [-0.05, 0) is 32.1 Å². The van der Waals surface area contributed by atoms with Crippen LogP contribution in [-0.4, -0.2) is 53.9 Å². The van der Waals surface area contributed by atoms with Crippen molar-refractivity contribution in [2.45, 2.75) is 6.42 Å². The number of nitrogens with zero attached hydrogens (tertiary/aromatic N) is 3. The van der Waals surface area contributed by atoms with E-state index in [4.69, 9.17) is 5.73 Å². The number of carbonyl (C=O) groups excluding carboxylic acids is 1. The Balaban J connectivity index is 1.90. The molecule has 1 aliphatic heterocycles. The van der Waals surface area contributed by atoms with Crippen molar-refractivity contribution in [1.29, 1.82) is 0 Å². The molecule has 110 valence electrons. The van der Waals surface area contributed by atoms with E-state index in [9.17, 15) is 4.79 Å². The average Bonchev–Trinajstić information content (AvgIpc) is 2.71. The number of fused-ring (bicyclic) bond motifs is 1. The Labute approximate surface area is 124 Å². The van der Waals surface area contributed by atoms with Crippen LogP contribution in [0, 0.1) is 0 Å². The predicted molar refractivity (Wildman–Crippen MR) is 84.2 cm³/mol. The van der Waals surface area contributed by atoms with Gasteiger partial charge in [-0.15, -0.1) is 0 Å². The maximum Gasteiger partial charge on any atom is 0.272 e. The summed E-state index contributed by atoms with van der Waals surface area (Å²) in [5.41, 5.74) is 7.88. The molecule has 21 heavy (non-hydrogen) atoms. The number of para-hydroxylation sites is 1. The van der Waals surface area contributed by atoms with Crippen LogP contribution in [0.25, 0.3) is 10.9 Å². The van der Waals surface area contributed by atoms with Crippen molar-refractivity contribution in [2.75, 3.05) is 39.0 Å². The van der Waals surface area contributed by atoms with E-state index < -0.39 is 0 Å². The minimum absolute atomic E-state index is 0.0252. The predicted octanol–water partition coefficient (Wildman–Crippen LogP) is 1.59. The summed E-state index contributed by atoms with van der Waals surface area (Å²) in [6.45, 7) is 3.44. The number of nitrogen functional groups attached to an aromatic ring is 1. The lowest BCUT2D eigenvalue weighted by molar-refractivity contribution is 0.0757. The number of likely N-dealkylation sites (N-methyl/N-ethyl adjacent to an activating group) is 1. The van der Waals surface area contributed by atoms with E-state index in [1.165, 1.54) is 0 Å². The van der Waals surface area contributed by atoms with Crippen LogP contribution in [0.2, 0.25) is 0 Å². The molecule has 0 atom stereocenters. The maximum absolute atomic E-state index is 12.6. The van der Waals surface area contributed by atoms with E-state index in [0.29, 0.717) is 11.4 Å². The van der Waals surface area contributed by atoms with Crippen molar-refractivity contribution in [3.8, 4) is 0 Å². The number of pyridine rings is 1. The monoisotopic (exact) mass is 284 g/mol. The zero-order valence-electron chi connectivity index (χ0n) is 12.2. The van der Waals surface area contributed by atoms with Crippen LogP contribution < -0.4 is 5.73 Å². The molecule has 0 spiro atoms. The van der Waals surface area contributed by atoms with Crippen molar-refractivity contribution < 1.29 is 4.79 Å². The lowest BCUT2D eigenvalue weighted by Gasteiger charge is -2.20. The second-order valence-corrected chi connectivity index (χ2v) is 5.56. The van der Waals surface area contributed by atoms with E-state index in [0.717, 1.165) is 43.5 Å². The van der Waals surface area contributed by atoms with Crippen LogP contribution in [0.3, 0.4) is 0 Å². The van der Waals surface area contributed by atoms with Gasteiger partial charge in [0, 0.05) is 30.7 Å². The topological polar surface area (TPSA) is 62.5 Å². The van der Waals surface area contributed by atoms with Gasteiger partial charge in [-0.25, -0.2) is 4.98 Å². The molecular weight excluding hydrogens is 264 g/mol. The molecule has 0 radical (unpaired) electrons. The Kier molecular flexibility index (Phi) is 3.75. The van der Waals surface area contributed by atoms with E-state index in [2.05, 4.69) is 16.9 Å². The summed E-state index contributed by atoms with van der Waals surface area (Å²) in [4.78, 5) is 21.2. The zero-order chi connectivity index (χ0) is 14.8. The summed E-state index contributed by atoms with van der Waals surface area (Å²) in [5, 5.41) is 0.893. The highest BCUT2D eigenvalue weighted by molar-refractivity contribution is 5.99. The van der Waals surface area contributed by atoms with Crippen molar-refractivity contribution in [3.63, 3.8) is 0 Å². The molecule has 2 aromatic rings. The van der Waals surface area contributed by atoms with Crippen LogP contribution in [-0.2, 0) is 0 Å². The molecule has 3 rings (SSSR count). The van der Waals surface area contributed by atoms with Crippen LogP contribution in [0.15, 0.2) is 30.3 Å². The summed E-state index contributed by atoms with van der Waals surface area (Å²) < 4.78 is 0. The number of nitrogens with two attached hydrogens (primary N) is 1. The highest BCUT2D eigenvalue weighted by Gasteiger charge is 2.20. The highest BCUT2D eigenvalue weighted by Crippen LogP contribution is 2.21. The quantitative estimate of drug-likeness (QED) is 0.864. The summed E-state index contributed by atoms with van der Waals surface area (Å²) in [6.07, 6.45) is 0.991. The smallest absolute Gasteiger partial charge is 0.272 e. The van der Waals surface area contributed by atoms with Gasteiger partial charge in [-0.3, -0.25) is 4.79 Å². The molecule has 0 bridgehead atoms. The Morgan fingerprint density at radius 1 is 1.19 bits per heavy atom. The minimum Gasteiger partial charge on any atom is -0.398 e. The van der Waals surface area contributed by atoms with Crippen molar-refractivity contribution in [1.82, 2.24) is 14.8 Å². The summed E-state index contributed by atoms with van der Waals surface area (Å²) in [7, 11) is 2.08.